The van der Waals surface area contributed by atoms with Crippen molar-refractivity contribution >= 4 is 5.82 Å². The number of allylic oxidation sites excluding steroid dienone is 2. The molecule has 1 fully saturated rings. The van der Waals surface area contributed by atoms with Crippen LogP contribution in [-0.2, 0) is 6.54 Å². The van der Waals surface area contributed by atoms with Crippen LogP contribution in [0.3, 0.4) is 0 Å². The fourth-order valence-electron chi connectivity index (χ4n) is 3.19. The second-order valence-electron chi connectivity index (χ2n) is 6.22. The molecule has 0 amide bonds. The molecule has 2 heterocycles. The molecule has 1 N–H and O–H groups in total. The van der Waals surface area contributed by atoms with Gasteiger partial charge in [0.1, 0.15) is 23.4 Å². The Morgan fingerprint density at radius 3 is 2.91 bits per heavy atom. The maximum absolute atomic E-state index is 9.64. The highest BCUT2D eigenvalue weighted by Gasteiger charge is 2.22. The van der Waals surface area contributed by atoms with Crippen molar-refractivity contribution < 1.29 is 0 Å². The van der Waals surface area contributed by atoms with E-state index >= 15 is 0 Å². The fraction of sp³-hybridized carbons (Fsp3) is 0.556. The molecule has 1 aromatic rings. The lowest BCUT2D eigenvalue weighted by Gasteiger charge is -2.27. The number of aryl methyl sites for hydroxylation is 1. The van der Waals surface area contributed by atoms with Gasteiger partial charge in [-0.3, -0.25) is 4.57 Å². The first-order chi connectivity index (χ1) is 11.1. The zero-order valence-electron chi connectivity index (χ0n) is 14.5. The molecule has 1 aromatic heterocycles. The van der Waals surface area contributed by atoms with E-state index in [4.69, 9.17) is 0 Å². The van der Waals surface area contributed by atoms with Gasteiger partial charge in [0, 0.05) is 19.6 Å². The molecule has 0 aliphatic carbocycles. The zero-order valence-corrected chi connectivity index (χ0v) is 14.5. The Hall–Kier alpha value is -2.06. The van der Waals surface area contributed by atoms with E-state index in [1.165, 1.54) is 19.3 Å². The third-order valence-corrected chi connectivity index (χ3v) is 4.40. The van der Waals surface area contributed by atoms with Gasteiger partial charge in [-0.2, -0.15) is 5.26 Å². The van der Waals surface area contributed by atoms with Gasteiger partial charge in [0.25, 0.3) is 0 Å². The van der Waals surface area contributed by atoms with Gasteiger partial charge in [-0.1, -0.05) is 19.6 Å². The number of nitrogens with zero attached hydrogens (tertiary/aromatic N) is 4. The molecule has 0 saturated carbocycles. The lowest BCUT2D eigenvalue weighted by atomic mass is 10.0. The predicted molar refractivity (Wildman–Crippen MR) is 93.5 cm³/mol. The van der Waals surface area contributed by atoms with E-state index in [1.54, 1.807) is 6.08 Å². The molecule has 5 nitrogen and oxygen atoms in total. The highest BCUT2D eigenvalue weighted by molar-refractivity contribution is 5.52. The van der Waals surface area contributed by atoms with Crippen LogP contribution in [0.25, 0.3) is 5.82 Å². The van der Waals surface area contributed by atoms with Crippen LogP contribution < -0.4 is 5.32 Å². The highest BCUT2D eigenvalue weighted by atomic mass is 15.3. The number of likely N-dealkylation sites (tertiary alicyclic amines) is 1. The number of aromatic nitrogens is 2. The van der Waals surface area contributed by atoms with Crippen molar-refractivity contribution in [3.8, 4) is 6.07 Å². The molecule has 124 valence electrons. The first kappa shape index (κ1) is 17.3. The second kappa shape index (κ2) is 7.98. The first-order valence-electron chi connectivity index (χ1n) is 8.33. The Morgan fingerprint density at radius 1 is 1.48 bits per heavy atom. The van der Waals surface area contributed by atoms with E-state index in [0.717, 1.165) is 36.3 Å². The minimum Gasteiger partial charge on any atom is -0.358 e. The topological polar surface area (TPSA) is 56.9 Å². The van der Waals surface area contributed by atoms with Crippen LogP contribution in [0.15, 0.2) is 18.7 Å². The van der Waals surface area contributed by atoms with Crippen molar-refractivity contribution in [2.45, 2.75) is 39.7 Å². The largest absolute Gasteiger partial charge is 0.358 e. The van der Waals surface area contributed by atoms with Gasteiger partial charge >= 0.3 is 0 Å². The number of rotatable bonds is 5. The monoisotopic (exact) mass is 313 g/mol. The summed E-state index contributed by atoms with van der Waals surface area (Å²) in [4.78, 5) is 6.95. The van der Waals surface area contributed by atoms with Crippen LogP contribution >= 0.6 is 0 Å². The van der Waals surface area contributed by atoms with E-state index < -0.39 is 0 Å². The van der Waals surface area contributed by atoms with Crippen LogP contribution in [-0.4, -0.2) is 34.6 Å². The van der Waals surface area contributed by atoms with Crippen molar-refractivity contribution in [3.63, 3.8) is 0 Å². The summed E-state index contributed by atoms with van der Waals surface area (Å²) in [6.45, 7) is 10.7. The molecule has 23 heavy (non-hydrogen) atoms. The van der Waals surface area contributed by atoms with Crippen molar-refractivity contribution in [1.82, 2.24) is 19.8 Å². The van der Waals surface area contributed by atoms with E-state index in [1.807, 2.05) is 24.6 Å². The molecule has 0 radical (unpaired) electrons. The Balaban J connectivity index is 2.44. The van der Waals surface area contributed by atoms with Gasteiger partial charge in [0.05, 0.1) is 5.69 Å². The summed E-state index contributed by atoms with van der Waals surface area (Å²) < 4.78 is 1.98. The van der Waals surface area contributed by atoms with Gasteiger partial charge in [0.2, 0.25) is 0 Å². The van der Waals surface area contributed by atoms with E-state index in [9.17, 15) is 5.26 Å². The zero-order chi connectivity index (χ0) is 16.8. The molecule has 1 aliphatic rings. The van der Waals surface area contributed by atoms with Gasteiger partial charge in [-0.15, -0.1) is 0 Å². The molecule has 1 atom stereocenters. The quantitative estimate of drug-likeness (QED) is 0.849. The maximum atomic E-state index is 9.64. The molecule has 1 aliphatic heterocycles. The van der Waals surface area contributed by atoms with Gasteiger partial charge < -0.3 is 10.2 Å². The number of nitrogens with one attached hydrogen (secondary N) is 1. The van der Waals surface area contributed by atoms with Crippen LogP contribution in [0, 0.1) is 24.2 Å². The minimum absolute atomic E-state index is 0.592. The summed E-state index contributed by atoms with van der Waals surface area (Å²) in [6.07, 6.45) is 7.40. The summed E-state index contributed by atoms with van der Waals surface area (Å²) in [7, 11) is 1.87. The fourth-order valence-corrected chi connectivity index (χ4v) is 3.19. The average molecular weight is 313 g/mol. The molecule has 1 unspecified atom stereocenters. The standard InChI is InChI=1S/C18H27N5/c1-5-7-18(22-10-6-8-14(2)9-11-22)23-15(3)21-16(13-20-4)17(23)12-19/h5,7,14,20H,1,6,8-11,13H2,2-4H3/b18-7-. The van der Waals surface area contributed by atoms with Gasteiger partial charge in [0.15, 0.2) is 0 Å². The number of nitriles is 1. The Labute approximate surface area is 139 Å². The van der Waals surface area contributed by atoms with Gasteiger partial charge in [-0.25, -0.2) is 4.98 Å². The average Bonchev–Trinajstić information content (AvgIpc) is 2.69. The first-order valence-corrected chi connectivity index (χ1v) is 8.33. The molecular weight excluding hydrogens is 286 g/mol. The SMILES string of the molecule is C=C/C=C(/N1CCCC(C)CC1)n1c(C)nc(CNC)c1C#N. The molecule has 0 spiro atoms. The number of hydrogen-bond acceptors (Lipinski definition) is 4. The third-order valence-electron chi connectivity index (χ3n) is 4.40. The van der Waals surface area contributed by atoms with Crippen LogP contribution in [0.4, 0.5) is 0 Å². The molecule has 0 bridgehead atoms. The van der Waals surface area contributed by atoms with Crippen molar-refractivity contribution in [1.29, 1.82) is 5.26 Å². The smallest absolute Gasteiger partial charge is 0.150 e. The number of imidazole rings is 1. The molecule has 0 aromatic carbocycles. The second-order valence-corrected chi connectivity index (χ2v) is 6.22. The van der Waals surface area contributed by atoms with Crippen LogP contribution in [0.2, 0.25) is 0 Å². The lowest BCUT2D eigenvalue weighted by Crippen LogP contribution is -2.27. The third kappa shape index (κ3) is 3.83. The predicted octanol–water partition coefficient (Wildman–Crippen LogP) is 2.89. The number of hydrogen-bond donors (Lipinski definition) is 1. The highest BCUT2D eigenvalue weighted by Crippen LogP contribution is 2.25. The van der Waals surface area contributed by atoms with E-state index in [-0.39, 0.29) is 0 Å². The van der Waals surface area contributed by atoms with E-state index in [2.05, 4.69) is 34.8 Å². The molecule has 5 heteroatoms. The summed E-state index contributed by atoms with van der Waals surface area (Å²) in [5.41, 5.74) is 1.41. The summed E-state index contributed by atoms with van der Waals surface area (Å²) in [5.74, 6) is 2.61. The Bertz CT molecular complexity index is 620. The summed E-state index contributed by atoms with van der Waals surface area (Å²) >= 11 is 0. The summed E-state index contributed by atoms with van der Waals surface area (Å²) in [6, 6.07) is 2.33. The molecular formula is C18H27N5. The van der Waals surface area contributed by atoms with Crippen LogP contribution in [0.5, 0.6) is 0 Å². The van der Waals surface area contributed by atoms with Crippen molar-refractivity contribution in [3.05, 3.63) is 35.9 Å². The van der Waals surface area contributed by atoms with Crippen molar-refractivity contribution in [2.24, 2.45) is 5.92 Å². The Kier molecular flexibility index (Phi) is 6.00. The molecule has 1 saturated heterocycles. The maximum Gasteiger partial charge on any atom is 0.150 e. The van der Waals surface area contributed by atoms with Gasteiger partial charge in [-0.05, 0) is 45.2 Å². The summed E-state index contributed by atoms with van der Waals surface area (Å²) in [5, 5.41) is 12.7. The normalized spacial score (nSPS) is 19.3. The lowest BCUT2D eigenvalue weighted by molar-refractivity contribution is 0.385. The Morgan fingerprint density at radius 2 is 2.26 bits per heavy atom. The molecule has 2 rings (SSSR count). The van der Waals surface area contributed by atoms with Crippen LogP contribution in [0.1, 0.15) is 43.4 Å². The van der Waals surface area contributed by atoms with Crippen molar-refractivity contribution in [2.75, 3.05) is 20.1 Å². The van der Waals surface area contributed by atoms with E-state index in [0.29, 0.717) is 12.2 Å². The minimum atomic E-state index is 0.592.